The topological polar surface area (TPSA) is 21.3 Å². The first-order valence-electron chi connectivity index (χ1n) is 8.04. The summed E-state index contributed by atoms with van der Waals surface area (Å²) in [6.07, 6.45) is 2.48. The molecule has 2 aromatic rings. The Balaban J connectivity index is 2.08. The number of hydrogen-bond donors (Lipinski definition) is 1. The average Bonchev–Trinajstić information content (AvgIpc) is 2.83. The summed E-state index contributed by atoms with van der Waals surface area (Å²) >= 11 is 1.89. The van der Waals surface area contributed by atoms with Crippen molar-refractivity contribution >= 4 is 21.4 Å². The van der Waals surface area contributed by atoms with E-state index >= 15 is 0 Å². The van der Waals surface area contributed by atoms with E-state index < -0.39 is 0 Å². The molecule has 0 saturated carbocycles. The first-order chi connectivity index (χ1) is 10.3. The fourth-order valence-electron chi connectivity index (χ4n) is 2.63. The quantitative estimate of drug-likeness (QED) is 0.706. The lowest BCUT2D eigenvalue weighted by Gasteiger charge is -2.11. The first kappa shape index (κ1) is 16.5. The molecule has 0 radical (unpaired) electrons. The van der Waals surface area contributed by atoms with Crippen molar-refractivity contribution in [2.45, 2.75) is 46.8 Å². The minimum absolute atomic E-state index is 0.650. The van der Waals surface area contributed by atoms with Gasteiger partial charge in [0.15, 0.2) is 0 Å². The molecule has 2 nitrogen and oxygen atoms in total. The predicted octanol–water partition coefficient (Wildman–Crippen LogP) is 4.96. The predicted molar refractivity (Wildman–Crippen MR) is 92.9 cm³/mol. The van der Waals surface area contributed by atoms with Gasteiger partial charge in [-0.3, -0.25) is 0 Å². The van der Waals surface area contributed by atoms with Crippen molar-refractivity contribution < 1.29 is 4.74 Å². The molecule has 0 aliphatic heterocycles. The molecule has 2 rings (SSSR count). The number of ether oxygens (including phenoxy) is 1. The van der Waals surface area contributed by atoms with E-state index in [0.29, 0.717) is 5.92 Å². The maximum atomic E-state index is 6.00. The zero-order valence-corrected chi connectivity index (χ0v) is 14.3. The molecule has 21 heavy (non-hydrogen) atoms. The summed E-state index contributed by atoms with van der Waals surface area (Å²) in [5.74, 6) is 0.650. The average molecular weight is 305 g/mol. The van der Waals surface area contributed by atoms with Gasteiger partial charge in [0.1, 0.15) is 0 Å². The van der Waals surface area contributed by atoms with Gasteiger partial charge in [0.25, 0.3) is 0 Å². The molecule has 0 bridgehead atoms. The maximum Gasteiger partial charge on any atom is 0.0734 e. The minimum Gasteiger partial charge on any atom is -0.376 e. The van der Waals surface area contributed by atoms with Crippen molar-refractivity contribution in [1.82, 2.24) is 5.32 Å². The summed E-state index contributed by atoms with van der Waals surface area (Å²) in [5.41, 5.74) is 1.38. The first-order valence-corrected chi connectivity index (χ1v) is 8.85. The second-order valence-electron chi connectivity index (χ2n) is 5.69. The molecule has 1 N–H and O–H groups in total. The summed E-state index contributed by atoms with van der Waals surface area (Å²) in [6, 6.07) is 8.66. The Bertz CT molecular complexity index is 549. The highest BCUT2D eigenvalue weighted by Gasteiger charge is 2.12. The van der Waals surface area contributed by atoms with Crippen LogP contribution in [0, 0.1) is 5.92 Å². The molecule has 1 atom stereocenters. The number of fused-ring (bicyclic) bond motifs is 1. The zero-order valence-electron chi connectivity index (χ0n) is 13.4. The number of nitrogens with one attached hydrogen (secondary N) is 1. The third-order valence-electron chi connectivity index (χ3n) is 3.75. The van der Waals surface area contributed by atoms with Gasteiger partial charge in [-0.25, -0.2) is 0 Å². The summed E-state index contributed by atoms with van der Waals surface area (Å²) in [6.45, 7) is 10.2. The molecule has 1 aromatic heterocycles. The van der Waals surface area contributed by atoms with Crippen molar-refractivity contribution in [3.63, 3.8) is 0 Å². The third-order valence-corrected chi connectivity index (χ3v) is 4.96. The molecule has 3 heteroatoms. The van der Waals surface area contributed by atoms with Crippen molar-refractivity contribution in [1.29, 1.82) is 0 Å². The molecule has 0 aliphatic carbocycles. The van der Waals surface area contributed by atoms with Crippen LogP contribution >= 0.6 is 11.3 Å². The fourth-order valence-corrected chi connectivity index (χ4v) is 3.81. The smallest absolute Gasteiger partial charge is 0.0734 e. The lowest BCUT2D eigenvalue weighted by atomic mass is 10.1. The Labute approximate surface area is 132 Å². The molecule has 0 fully saturated rings. The Morgan fingerprint density at radius 3 is 2.81 bits per heavy atom. The van der Waals surface area contributed by atoms with Crippen molar-refractivity contribution in [3.8, 4) is 0 Å². The van der Waals surface area contributed by atoms with Gasteiger partial charge in [0.05, 0.1) is 6.61 Å². The largest absolute Gasteiger partial charge is 0.376 e. The van der Waals surface area contributed by atoms with Crippen LogP contribution in [0.4, 0.5) is 0 Å². The van der Waals surface area contributed by atoms with Crippen LogP contribution in [0.15, 0.2) is 24.3 Å². The highest BCUT2D eigenvalue weighted by Crippen LogP contribution is 2.32. The van der Waals surface area contributed by atoms with Gasteiger partial charge >= 0.3 is 0 Å². The molecule has 116 valence electrons. The monoisotopic (exact) mass is 305 g/mol. The summed E-state index contributed by atoms with van der Waals surface area (Å²) in [5, 5.41) is 4.80. The number of thiophene rings is 1. The van der Waals surface area contributed by atoms with Crippen LogP contribution in [-0.4, -0.2) is 13.2 Å². The van der Waals surface area contributed by atoms with Crippen LogP contribution in [0.2, 0.25) is 0 Å². The van der Waals surface area contributed by atoms with Crippen molar-refractivity contribution in [2.75, 3.05) is 13.2 Å². The van der Waals surface area contributed by atoms with E-state index in [2.05, 4.69) is 50.4 Å². The summed E-state index contributed by atoms with van der Waals surface area (Å²) < 4.78 is 7.37. The Hall–Kier alpha value is -0.900. The zero-order chi connectivity index (χ0) is 15.1. The Morgan fingerprint density at radius 1 is 1.24 bits per heavy atom. The van der Waals surface area contributed by atoms with Crippen LogP contribution < -0.4 is 5.32 Å². The summed E-state index contributed by atoms with van der Waals surface area (Å²) in [4.78, 5) is 1.42. The van der Waals surface area contributed by atoms with Gasteiger partial charge in [-0.1, -0.05) is 45.4 Å². The van der Waals surface area contributed by atoms with E-state index in [1.165, 1.54) is 33.4 Å². The van der Waals surface area contributed by atoms with Crippen molar-refractivity contribution in [3.05, 3.63) is 34.7 Å². The lowest BCUT2D eigenvalue weighted by Crippen LogP contribution is -2.12. The molecule has 0 aliphatic rings. The maximum absolute atomic E-state index is 6.00. The molecule has 1 aromatic carbocycles. The van der Waals surface area contributed by atoms with Crippen molar-refractivity contribution in [2.24, 2.45) is 5.92 Å². The standard InChI is InChI=1S/C18H27NOS/c1-4-8-14(3)12-20-13-16-15-9-6-7-10-17(15)21-18(16)11-19-5-2/h6-7,9-10,14,19H,4-5,8,11-13H2,1-3H3. The van der Waals surface area contributed by atoms with Gasteiger partial charge in [0, 0.05) is 28.3 Å². The van der Waals surface area contributed by atoms with Crippen LogP contribution in [-0.2, 0) is 17.9 Å². The van der Waals surface area contributed by atoms with E-state index in [4.69, 9.17) is 4.74 Å². The number of benzene rings is 1. The van der Waals surface area contributed by atoms with Crippen LogP contribution in [0.5, 0.6) is 0 Å². The van der Waals surface area contributed by atoms with E-state index in [1.54, 1.807) is 0 Å². The van der Waals surface area contributed by atoms with Gasteiger partial charge in [-0.05, 0) is 30.3 Å². The van der Waals surface area contributed by atoms with E-state index in [-0.39, 0.29) is 0 Å². The molecule has 0 spiro atoms. The van der Waals surface area contributed by atoms with Crippen LogP contribution in [0.1, 0.15) is 44.1 Å². The lowest BCUT2D eigenvalue weighted by molar-refractivity contribution is 0.0898. The molecular weight excluding hydrogens is 278 g/mol. The molecule has 0 saturated heterocycles. The van der Waals surface area contributed by atoms with Gasteiger partial charge in [0.2, 0.25) is 0 Å². The van der Waals surface area contributed by atoms with Crippen LogP contribution in [0.3, 0.4) is 0 Å². The molecule has 0 amide bonds. The SMILES string of the molecule is CCCC(C)COCc1c(CNCC)sc2ccccc12. The summed E-state index contributed by atoms with van der Waals surface area (Å²) in [7, 11) is 0. The normalized spacial score (nSPS) is 12.9. The second-order valence-corrected chi connectivity index (χ2v) is 6.83. The van der Waals surface area contributed by atoms with E-state index in [0.717, 1.165) is 26.3 Å². The van der Waals surface area contributed by atoms with Gasteiger partial charge in [-0.15, -0.1) is 11.3 Å². The fraction of sp³-hybridized carbons (Fsp3) is 0.556. The minimum atomic E-state index is 0.650. The van der Waals surface area contributed by atoms with Gasteiger partial charge < -0.3 is 10.1 Å². The molecule has 1 heterocycles. The van der Waals surface area contributed by atoms with E-state index in [1.807, 2.05) is 11.3 Å². The molecular formula is C18H27NOS. The second kappa shape index (κ2) is 8.52. The van der Waals surface area contributed by atoms with Gasteiger partial charge in [-0.2, -0.15) is 0 Å². The Kier molecular flexibility index (Phi) is 6.68. The third kappa shape index (κ3) is 4.53. The van der Waals surface area contributed by atoms with E-state index in [9.17, 15) is 0 Å². The highest BCUT2D eigenvalue weighted by molar-refractivity contribution is 7.19. The van der Waals surface area contributed by atoms with Crippen LogP contribution in [0.25, 0.3) is 10.1 Å². The number of rotatable bonds is 9. The highest BCUT2D eigenvalue weighted by atomic mass is 32.1. The molecule has 1 unspecified atom stereocenters. The Morgan fingerprint density at radius 2 is 2.05 bits per heavy atom. The number of hydrogen-bond acceptors (Lipinski definition) is 3.